The maximum Gasteiger partial charge on any atom is 0.227 e. The number of nitrogens with zero attached hydrogens (tertiary/aromatic N) is 5. The van der Waals surface area contributed by atoms with Gasteiger partial charge in [0.2, 0.25) is 11.6 Å². The van der Waals surface area contributed by atoms with Crippen molar-refractivity contribution in [2.45, 2.75) is 32.7 Å². The highest BCUT2D eigenvalue weighted by Gasteiger charge is 2.28. The molecule has 0 saturated carbocycles. The molecule has 4 aromatic rings. The van der Waals surface area contributed by atoms with Gasteiger partial charge in [0.25, 0.3) is 0 Å². The number of ketones is 1. The van der Waals surface area contributed by atoms with Gasteiger partial charge in [-0.25, -0.2) is 0 Å². The first kappa shape index (κ1) is 24.4. The van der Waals surface area contributed by atoms with Crippen LogP contribution in [0.15, 0.2) is 66.2 Å². The lowest BCUT2D eigenvalue weighted by Gasteiger charge is -2.23. The molecule has 0 amide bonds. The minimum atomic E-state index is -0.913. The van der Waals surface area contributed by atoms with Gasteiger partial charge in [0.1, 0.15) is 11.6 Å². The normalized spacial score (nSPS) is 12.7. The molecule has 4 rings (SSSR count). The molecule has 182 valence electrons. The number of hydrogen-bond donors (Lipinski definition) is 3. The summed E-state index contributed by atoms with van der Waals surface area (Å²) >= 11 is 0. The average molecular weight is 484 g/mol. The number of aromatic amines is 1. The van der Waals surface area contributed by atoms with Gasteiger partial charge in [-0.15, -0.1) is 15.3 Å². The first-order chi connectivity index (χ1) is 17.4. The van der Waals surface area contributed by atoms with Crippen molar-refractivity contribution in [3.63, 3.8) is 0 Å². The maximum absolute atomic E-state index is 12.9. The second-order valence-electron chi connectivity index (χ2n) is 8.52. The Balaban J connectivity index is 1.83. The highest BCUT2D eigenvalue weighted by molar-refractivity contribution is 6.35. The summed E-state index contributed by atoms with van der Waals surface area (Å²) in [7, 11) is 0. The van der Waals surface area contributed by atoms with Crippen LogP contribution in [0.1, 0.15) is 48.2 Å². The van der Waals surface area contributed by atoms with Gasteiger partial charge in [0, 0.05) is 11.1 Å². The van der Waals surface area contributed by atoms with E-state index in [2.05, 4.69) is 50.0 Å². The predicted octanol–water partition coefficient (Wildman–Crippen LogP) is 3.98. The van der Waals surface area contributed by atoms with Crippen molar-refractivity contribution in [3.05, 3.63) is 88.6 Å². The maximum atomic E-state index is 12.9. The molecule has 3 N–H and O–H groups in total. The van der Waals surface area contributed by atoms with Crippen LogP contribution in [0.4, 0.5) is 5.82 Å². The summed E-state index contributed by atoms with van der Waals surface area (Å²) in [5.74, 6) is -0.0914. The summed E-state index contributed by atoms with van der Waals surface area (Å²) in [5, 5.41) is 36.5. The number of aliphatic hydroxyl groups is 1. The van der Waals surface area contributed by atoms with Crippen molar-refractivity contribution in [3.8, 4) is 11.4 Å². The quantitative estimate of drug-likeness (QED) is 0.139. The molecular weight excluding hydrogens is 458 g/mol. The van der Waals surface area contributed by atoms with Gasteiger partial charge in [-0.2, -0.15) is 10.3 Å². The fourth-order valence-corrected chi connectivity index (χ4v) is 3.70. The zero-order chi connectivity index (χ0) is 25.7. The Bertz CT molecular complexity index is 1360. The second-order valence-corrected chi connectivity index (χ2v) is 8.52. The van der Waals surface area contributed by atoms with E-state index in [1.807, 2.05) is 12.1 Å². The van der Waals surface area contributed by atoms with Gasteiger partial charge in [-0.3, -0.25) is 9.59 Å². The Morgan fingerprint density at radius 1 is 0.944 bits per heavy atom. The third kappa shape index (κ3) is 5.33. The van der Waals surface area contributed by atoms with E-state index in [1.54, 1.807) is 55.5 Å². The first-order valence-corrected chi connectivity index (χ1v) is 11.3. The zero-order valence-corrected chi connectivity index (χ0v) is 20.0. The number of benzene rings is 2. The summed E-state index contributed by atoms with van der Waals surface area (Å²) in [4.78, 5) is 24.6. The van der Waals surface area contributed by atoms with Gasteiger partial charge in [-0.1, -0.05) is 62.4 Å². The van der Waals surface area contributed by atoms with E-state index in [0.717, 1.165) is 11.3 Å². The molecule has 10 nitrogen and oxygen atoms in total. The van der Waals surface area contributed by atoms with Crippen LogP contribution >= 0.6 is 0 Å². The van der Waals surface area contributed by atoms with Crippen molar-refractivity contribution >= 4 is 23.6 Å². The topological polar surface area (TPSA) is 147 Å². The number of carbonyl (C=O) groups is 2. The molecule has 0 radical (unpaired) electrons. The van der Waals surface area contributed by atoms with E-state index >= 15 is 0 Å². The Morgan fingerprint density at radius 3 is 2.19 bits per heavy atom. The smallest absolute Gasteiger partial charge is 0.227 e. The van der Waals surface area contributed by atoms with E-state index in [1.165, 1.54) is 0 Å². The van der Waals surface area contributed by atoms with E-state index in [0.29, 0.717) is 34.3 Å². The van der Waals surface area contributed by atoms with Gasteiger partial charge < -0.3 is 10.4 Å². The lowest BCUT2D eigenvalue weighted by atomic mass is 9.91. The third-order valence-electron chi connectivity index (χ3n) is 5.70. The van der Waals surface area contributed by atoms with E-state index in [9.17, 15) is 14.7 Å². The monoisotopic (exact) mass is 483 g/mol. The van der Waals surface area contributed by atoms with E-state index in [4.69, 9.17) is 0 Å². The van der Waals surface area contributed by atoms with E-state index < -0.39 is 11.8 Å². The molecule has 0 fully saturated rings. The molecular formula is C26H25N7O3. The molecule has 0 aliphatic carbocycles. The highest BCUT2D eigenvalue weighted by Crippen LogP contribution is 2.32. The van der Waals surface area contributed by atoms with Crippen LogP contribution in [0.5, 0.6) is 0 Å². The number of aliphatic hydroxyl groups excluding tert-OH is 1. The number of anilines is 1. The Labute approximate surface area is 207 Å². The lowest BCUT2D eigenvalue weighted by Crippen LogP contribution is -2.22. The average Bonchev–Trinajstić information content (AvgIpc) is 3.44. The van der Waals surface area contributed by atoms with Crippen LogP contribution in [0.2, 0.25) is 0 Å². The molecule has 1 unspecified atom stereocenters. The minimum Gasteiger partial charge on any atom is -0.507 e. The molecule has 0 aliphatic rings. The number of carbonyl (C=O) groups excluding carboxylic acids is 2. The fraction of sp³-hybridized carbons (Fsp3) is 0.192. The number of rotatable bonds is 9. The van der Waals surface area contributed by atoms with Gasteiger partial charge >= 0.3 is 0 Å². The Morgan fingerprint density at radius 2 is 1.64 bits per heavy atom. The minimum absolute atomic E-state index is 0.114. The number of aryl methyl sites for hydroxylation is 1. The molecule has 2 aromatic carbocycles. The zero-order valence-electron chi connectivity index (χ0n) is 20.0. The molecule has 0 aliphatic heterocycles. The van der Waals surface area contributed by atoms with Crippen molar-refractivity contribution in [1.29, 1.82) is 0 Å². The molecule has 2 aromatic heterocycles. The number of H-pyrrole nitrogens is 1. The van der Waals surface area contributed by atoms with Crippen LogP contribution < -0.4 is 5.32 Å². The Hall–Kier alpha value is -4.73. The highest BCUT2D eigenvalue weighted by atomic mass is 16.3. The number of hydrogen-bond acceptors (Lipinski definition) is 9. The van der Waals surface area contributed by atoms with Crippen LogP contribution in [0.25, 0.3) is 17.1 Å². The molecule has 10 heteroatoms. The van der Waals surface area contributed by atoms with Gasteiger partial charge in [0.05, 0.1) is 17.3 Å². The molecule has 0 bridgehead atoms. The molecule has 1 atom stereocenters. The van der Waals surface area contributed by atoms with E-state index in [-0.39, 0.29) is 17.6 Å². The standard InChI is InChI=1S/C26H25N7O3/c1-15(2)17-5-9-19(10-6-17)25(36)23(21(35)14-34)24(27-22-13-4-16(3)28-29-22)18-7-11-20(12-8-18)26-30-32-33-31-26/h4-15,24,36H,1-3H3,(H,27,29)(H,30,31,32,33). The summed E-state index contributed by atoms with van der Waals surface area (Å²) in [6.07, 6.45) is 0.192. The number of Topliss-reactive ketones (excluding diaryl/α,β-unsaturated/α-hetero) is 1. The fourth-order valence-electron chi connectivity index (χ4n) is 3.70. The second kappa shape index (κ2) is 10.7. The van der Waals surface area contributed by atoms with Crippen LogP contribution in [0.3, 0.4) is 0 Å². The van der Waals surface area contributed by atoms with Gasteiger partial charge in [0.15, 0.2) is 6.29 Å². The third-order valence-corrected chi connectivity index (χ3v) is 5.70. The van der Waals surface area contributed by atoms with Crippen LogP contribution in [-0.4, -0.2) is 48.0 Å². The summed E-state index contributed by atoms with van der Waals surface area (Å²) < 4.78 is 0. The van der Waals surface area contributed by atoms with Crippen molar-refractivity contribution in [1.82, 2.24) is 30.8 Å². The van der Waals surface area contributed by atoms with Gasteiger partial charge in [-0.05, 0) is 41.3 Å². The van der Waals surface area contributed by atoms with Crippen LogP contribution in [0, 0.1) is 6.92 Å². The van der Waals surface area contributed by atoms with Crippen LogP contribution in [-0.2, 0) is 9.59 Å². The molecule has 0 spiro atoms. The number of tetrazole rings is 1. The lowest BCUT2D eigenvalue weighted by molar-refractivity contribution is -0.127. The SMILES string of the molecule is Cc1ccc(NC(C(C(=O)C=O)=C(O)c2ccc(C(C)C)cc2)c2ccc(-c3nn[nH]n3)cc2)nn1. The number of nitrogens with one attached hydrogen (secondary N) is 2. The van der Waals surface area contributed by atoms with Crippen molar-refractivity contribution in [2.75, 3.05) is 5.32 Å². The van der Waals surface area contributed by atoms with Crippen molar-refractivity contribution in [2.24, 2.45) is 0 Å². The van der Waals surface area contributed by atoms with Crippen molar-refractivity contribution < 1.29 is 14.7 Å². The molecule has 0 saturated heterocycles. The molecule has 2 heterocycles. The first-order valence-electron chi connectivity index (χ1n) is 11.3. The molecule has 36 heavy (non-hydrogen) atoms. The predicted molar refractivity (Wildman–Crippen MR) is 134 cm³/mol. The summed E-state index contributed by atoms with van der Waals surface area (Å²) in [5.41, 5.74) is 3.39. The summed E-state index contributed by atoms with van der Waals surface area (Å²) in [6.45, 7) is 5.93. The largest absolute Gasteiger partial charge is 0.507 e. The number of aldehydes is 1. The number of aromatic nitrogens is 6. The summed E-state index contributed by atoms with van der Waals surface area (Å²) in [6, 6.07) is 16.8. The Kier molecular flexibility index (Phi) is 7.24.